The molecule has 0 bridgehead atoms. The van der Waals surface area contributed by atoms with Gasteiger partial charge in [-0.1, -0.05) is 32.0 Å². The number of benzene rings is 1. The van der Waals surface area contributed by atoms with E-state index >= 15 is 0 Å². The minimum absolute atomic E-state index is 0.518. The molecule has 0 saturated heterocycles. The van der Waals surface area contributed by atoms with E-state index in [2.05, 4.69) is 31.0 Å². The van der Waals surface area contributed by atoms with Crippen molar-refractivity contribution in [3.8, 4) is 5.75 Å². The zero-order valence-electron chi connectivity index (χ0n) is 11.0. The third kappa shape index (κ3) is 3.88. The van der Waals surface area contributed by atoms with Crippen LogP contribution in [0.15, 0.2) is 48.7 Å². The van der Waals surface area contributed by atoms with Gasteiger partial charge in [0.25, 0.3) is 0 Å². The fourth-order valence-electron chi connectivity index (χ4n) is 1.83. The Morgan fingerprint density at radius 3 is 2.44 bits per heavy atom. The van der Waals surface area contributed by atoms with Crippen LogP contribution in [-0.4, -0.2) is 4.98 Å². The maximum absolute atomic E-state index is 5.69. The number of aromatic nitrogens is 1. The van der Waals surface area contributed by atoms with Crippen LogP contribution < -0.4 is 4.74 Å². The van der Waals surface area contributed by atoms with Gasteiger partial charge in [0.2, 0.25) is 0 Å². The van der Waals surface area contributed by atoms with Crippen molar-refractivity contribution in [2.24, 2.45) is 5.92 Å². The van der Waals surface area contributed by atoms with Crippen LogP contribution in [-0.2, 0) is 13.0 Å². The molecule has 1 aromatic carbocycles. The Labute approximate surface area is 109 Å². The van der Waals surface area contributed by atoms with Crippen LogP contribution in [0.4, 0.5) is 0 Å². The first-order chi connectivity index (χ1) is 8.74. The Hall–Kier alpha value is -1.83. The van der Waals surface area contributed by atoms with Crippen LogP contribution in [0, 0.1) is 5.92 Å². The van der Waals surface area contributed by atoms with Crippen LogP contribution in [0.25, 0.3) is 0 Å². The molecule has 1 heterocycles. The molecule has 0 radical (unpaired) electrons. The number of hydrogen-bond donors (Lipinski definition) is 0. The first-order valence-electron chi connectivity index (χ1n) is 6.35. The lowest BCUT2D eigenvalue weighted by Gasteiger charge is -2.08. The number of ether oxygens (including phenoxy) is 1. The molecule has 0 unspecified atom stereocenters. The molecule has 2 heteroatoms. The molecule has 0 aliphatic rings. The molecule has 94 valence electrons. The van der Waals surface area contributed by atoms with Gasteiger partial charge in [-0.15, -0.1) is 0 Å². The molecule has 0 fully saturated rings. The molecule has 2 aromatic rings. The third-order valence-corrected chi connectivity index (χ3v) is 2.68. The number of hydrogen-bond acceptors (Lipinski definition) is 2. The van der Waals surface area contributed by atoms with E-state index in [1.807, 2.05) is 30.3 Å². The van der Waals surface area contributed by atoms with Gasteiger partial charge in [-0.3, -0.25) is 4.98 Å². The molecule has 2 rings (SSSR count). The van der Waals surface area contributed by atoms with Crippen LogP contribution >= 0.6 is 0 Å². The zero-order valence-corrected chi connectivity index (χ0v) is 11.0. The standard InChI is InChI=1S/C16H19NO/c1-13(2)11-14-6-8-16(9-7-14)18-12-15-5-3-4-10-17-15/h3-10,13H,11-12H2,1-2H3. The summed E-state index contributed by atoms with van der Waals surface area (Å²) in [5.74, 6) is 1.58. The molecule has 0 amide bonds. The highest BCUT2D eigenvalue weighted by molar-refractivity contribution is 5.27. The average Bonchev–Trinajstić information content (AvgIpc) is 2.38. The van der Waals surface area contributed by atoms with Crippen molar-refractivity contribution >= 4 is 0 Å². The summed E-state index contributed by atoms with van der Waals surface area (Å²) in [5.41, 5.74) is 2.30. The van der Waals surface area contributed by atoms with Crippen molar-refractivity contribution < 1.29 is 4.74 Å². The fourth-order valence-corrected chi connectivity index (χ4v) is 1.83. The van der Waals surface area contributed by atoms with E-state index in [1.54, 1.807) is 6.20 Å². The fraction of sp³-hybridized carbons (Fsp3) is 0.312. The Morgan fingerprint density at radius 1 is 1.06 bits per heavy atom. The van der Waals surface area contributed by atoms with E-state index in [9.17, 15) is 0 Å². The van der Waals surface area contributed by atoms with Crippen molar-refractivity contribution in [2.45, 2.75) is 26.9 Å². The van der Waals surface area contributed by atoms with Gasteiger partial charge in [0, 0.05) is 6.20 Å². The lowest BCUT2D eigenvalue weighted by atomic mass is 10.0. The van der Waals surface area contributed by atoms with Gasteiger partial charge in [-0.05, 0) is 42.2 Å². The maximum Gasteiger partial charge on any atom is 0.130 e. The van der Waals surface area contributed by atoms with Crippen LogP contribution in [0.3, 0.4) is 0 Å². The molecule has 0 N–H and O–H groups in total. The first kappa shape index (κ1) is 12.6. The van der Waals surface area contributed by atoms with Gasteiger partial charge >= 0.3 is 0 Å². The van der Waals surface area contributed by atoms with Crippen LogP contribution in [0.2, 0.25) is 0 Å². The van der Waals surface area contributed by atoms with E-state index in [0.29, 0.717) is 12.5 Å². The third-order valence-electron chi connectivity index (χ3n) is 2.68. The summed E-state index contributed by atoms with van der Waals surface area (Å²) < 4.78 is 5.69. The molecule has 0 aliphatic heterocycles. The second kappa shape index (κ2) is 6.20. The predicted octanol–water partition coefficient (Wildman–Crippen LogP) is 3.86. The Balaban J connectivity index is 1.90. The van der Waals surface area contributed by atoms with E-state index in [-0.39, 0.29) is 0 Å². The molecular weight excluding hydrogens is 222 g/mol. The Kier molecular flexibility index (Phi) is 4.35. The summed E-state index contributed by atoms with van der Waals surface area (Å²) >= 11 is 0. The van der Waals surface area contributed by atoms with Crippen LogP contribution in [0.5, 0.6) is 5.75 Å². The van der Waals surface area contributed by atoms with Gasteiger partial charge < -0.3 is 4.74 Å². The smallest absolute Gasteiger partial charge is 0.130 e. The van der Waals surface area contributed by atoms with Crippen molar-refractivity contribution in [2.75, 3.05) is 0 Å². The molecule has 0 atom stereocenters. The van der Waals surface area contributed by atoms with Crippen molar-refractivity contribution in [1.82, 2.24) is 4.98 Å². The quantitative estimate of drug-likeness (QED) is 0.793. The van der Waals surface area contributed by atoms with Crippen molar-refractivity contribution in [1.29, 1.82) is 0 Å². The lowest BCUT2D eigenvalue weighted by molar-refractivity contribution is 0.301. The molecule has 0 spiro atoms. The largest absolute Gasteiger partial charge is 0.487 e. The lowest BCUT2D eigenvalue weighted by Crippen LogP contribution is -1.98. The highest BCUT2D eigenvalue weighted by Gasteiger charge is 1.99. The first-order valence-corrected chi connectivity index (χ1v) is 6.35. The summed E-state index contributed by atoms with van der Waals surface area (Å²) in [5, 5.41) is 0. The predicted molar refractivity (Wildman–Crippen MR) is 73.6 cm³/mol. The monoisotopic (exact) mass is 241 g/mol. The summed E-state index contributed by atoms with van der Waals surface area (Å²) in [7, 11) is 0. The van der Waals surface area contributed by atoms with Gasteiger partial charge in [-0.25, -0.2) is 0 Å². The second-order valence-electron chi connectivity index (χ2n) is 4.85. The minimum atomic E-state index is 0.518. The number of rotatable bonds is 5. The highest BCUT2D eigenvalue weighted by Crippen LogP contribution is 2.15. The van der Waals surface area contributed by atoms with E-state index < -0.39 is 0 Å². The molecule has 2 nitrogen and oxygen atoms in total. The van der Waals surface area contributed by atoms with Crippen LogP contribution in [0.1, 0.15) is 25.1 Å². The van der Waals surface area contributed by atoms with Gasteiger partial charge in [0.1, 0.15) is 12.4 Å². The molecule has 1 aromatic heterocycles. The van der Waals surface area contributed by atoms with E-state index in [4.69, 9.17) is 4.74 Å². The molecular formula is C16H19NO. The summed E-state index contributed by atoms with van der Waals surface area (Å²) in [6.07, 6.45) is 2.89. The summed E-state index contributed by atoms with van der Waals surface area (Å²) in [6.45, 7) is 4.97. The second-order valence-corrected chi connectivity index (χ2v) is 4.85. The normalized spacial score (nSPS) is 10.6. The summed E-state index contributed by atoms with van der Waals surface area (Å²) in [6, 6.07) is 14.2. The zero-order chi connectivity index (χ0) is 12.8. The maximum atomic E-state index is 5.69. The van der Waals surface area contributed by atoms with Crippen molar-refractivity contribution in [3.05, 3.63) is 59.9 Å². The van der Waals surface area contributed by atoms with Gasteiger partial charge in [0.05, 0.1) is 5.69 Å². The Morgan fingerprint density at radius 2 is 1.83 bits per heavy atom. The van der Waals surface area contributed by atoms with E-state index in [1.165, 1.54) is 5.56 Å². The van der Waals surface area contributed by atoms with Gasteiger partial charge in [0.15, 0.2) is 0 Å². The van der Waals surface area contributed by atoms with E-state index in [0.717, 1.165) is 17.9 Å². The molecule has 0 aliphatic carbocycles. The molecule has 0 saturated carbocycles. The Bertz CT molecular complexity index is 462. The molecule has 18 heavy (non-hydrogen) atoms. The van der Waals surface area contributed by atoms with Gasteiger partial charge in [-0.2, -0.15) is 0 Å². The topological polar surface area (TPSA) is 22.1 Å². The SMILES string of the molecule is CC(C)Cc1ccc(OCc2ccccn2)cc1. The van der Waals surface area contributed by atoms with Crippen molar-refractivity contribution in [3.63, 3.8) is 0 Å². The number of pyridine rings is 1. The summed E-state index contributed by atoms with van der Waals surface area (Å²) in [4.78, 5) is 4.23. The highest BCUT2D eigenvalue weighted by atomic mass is 16.5. The average molecular weight is 241 g/mol. The minimum Gasteiger partial charge on any atom is -0.487 e. The number of nitrogens with zero attached hydrogens (tertiary/aromatic N) is 1.